The number of hydrogen-bond acceptors (Lipinski definition) is 6. The molecule has 3 N–H and O–H groups in total. The summed E-state index contributed by atoms with van der Waals surface area (Å²) in [6.45, 7) is 3.73. The smallest absolute Gasteiger partial charge is 0.263 e. The average Bonchev–Trinajstić information content (AvgIpc) is 3.08. The van der Waals surface area contributed by atoms with Crippen LogP contribution in [0.1, 0.15) is 35.7 Å². The van der Waals surface area contributed by atoms with Gasteiger partial charge in [0, 0.05) is 31.8 Å². The zero-order valence-electron chi connectivity index (χ0n) is 14.5. The van der Waals surface area contributed by atoms with E-state index in [9.17, 15) is 9.59 Å². The second kappa shape index (κ2) is 6.55. The molecular formula is C15H21N7O3. The Bertz CT molecular complexity index is 810. The van der Waals surface area contributed by atoms with E-state index in [0.29, 0.717) is 23.5 Å². The van der Waals surface area contributed by atoms with Gasteiger partial charge in [-0.25, -0.2) is 4.68 Å². The van der Waals surface area contributed by atoms with Crippen LogP contribution in [0.15, 0.2) is 12.3 Å². The van der Waals surface area contributed by atoms with Crippen molar-refractivity contribution in [3.63, 3.8) is 0 Å². The summed E-state index contributed by atoms with van der Waals surface area (Å²) in [5.41, 5.74) is 1.02. The summed E-state index contributed by atoms with van der Waals surface area (Å²) in [7, 11) is 3.16. The lowest BCUT2D eigenvalue weighted by molar-refractivity contribution is -0.125. The molecule has 3 heterocycles. The van der Waals surface area contributed by atoms with Crippen molar-refractivity contribution < 1.29 is 14.3 Å². The first-order valence-corrected chi connectivity index (χ1v) is 7.88. The van der Waals surface area contributed by atoms with Gasteiger partial charge in [0.25, 0.3) is 5.91 Å². The predicted molar refractivity (Wildman–Crippen MR) is 89.1 cm³/mol. The van der Waals surface area contributed by atoms with Crippen molar-refractivity contribution in [2.75, 3.05) is 12.4 Å². The molecule has 0 aromatic carbocycles. The fraction of sp³-hybridized carbons (Fsp3) is 0.467. The highest BCUT2D eigenvalue weighted by Crippen LogP contribution is 2.20. The van der Waals surface area contributed by atoms with Crippen molar-refractivity contribution in [3.8, 4) is 5.88 Å². The minimum absolute atomic E-state index is 0.00484. The number of amides is 2. The molecule has 1 fully saturated rings. The summed E-state index contributed by atoms with van der Waals surface area (Å²) >= 11 is 0. The highest BCUT2D eigenvalue weighted by Gasteiger charge is 2.27. The lowest BCUT2D eigenvalue weighted by atomic mass is 10.2. The molecule has 0 bridgehead atoms. The molecule has 1 saturated heterocycles. The Morgan fingerprint density at radius 1 is 1.44 bits per heavy atom. The van der Waals surface area contributed by atoms with Crippen LogP contribution in [0.4, 0.5) is 5.82 Å². The number of carbonyl (C=O) groups excluding carboxylic acids is 2. The summed E-state index contributed by atoms with van der Waals surface area (Å²) < 4.78 is 8.17. The molecule has 134 valence electrons. The summed E-state index contributed by atoms with van der Waals surface area (Å²) in [5, 5.41) is 17.3. The number of nitrogens with zero attached hydrogens (tertiary/aromatic N) is 4. The molecule has 10 heteroatoms. The lowest BCUT2D eigenvalue weighted by Crippen LogP contribution is -2.52. The Labute approximate surface area is 144 Å². The molecule has 0 saturated carbocycles. The third-order valence-electron chi connectivity index (χ3n) is 3.81. The molecule has 0 radical (unpaired) electrons. The Morgan fingerprint density at radius 3 is 2.88 bits per heavy atom. The Morgan fingerprint density at radius 2 is 2.20 bits per heavy atom. The highest BCUT2D eigenvalue weighted by molar-refractivity contribution is 6.05. The Balaban J connectivity index is 1.85. The van der Waals surface area contributed by atoms with Gasteiger partial charge in [-0.3, -0.25) is 19.6 Å². The van der Waals surface area contributed by atoms with E-state index < -0.39 is 6.29 Å². The van der Waals surface area contributed by atoms with Crippen LogP contribution in [-0.2, 0) is 11.8 Å². The number of anilines is 1. The van der Waals surface area contributed by atoms with Crippen LogP contribution in [0.3, 0.4) is 0 Å². The highest BCUT2D eigenvalue weighted by atomic mass is 16.5. The molecule has 25 heavy (non-hydrogen) atoms. The van der Waals surface area contributed by atoms with Crippen molar-refractivity contribution in [3.05, 3.63) is 23.5 Å². The van der Waals surface area contributed by atoms with Crippen molar-refractivity contribution in [2.45, 2.75) is 32.6 Å². The van der Waals surface area contributed by atoms with E-state index in [4.69, 9.17) is 4.74 Å². The largest absolute Gasteiger partial charge is 0.479 e. The third kappa shape index (κ3) is 3.48. The Kier molecular flexibility index (Phi) is 4.45. The molecule has 2 unspecified atom stereocenters. The molecule has 2 amide bonds. The quantitative estimate of drug-likeness (QED) is 0.725. The van der Waals surface area contributed by atoms with Gasteiger partial charge in [0.15, 0.2) is 6.29 Å². The van der Waals surface area contributed by atoms with Crippen LogP contribution in [0.2, 0.25) is 0 Å². The van der Waals surface area contributed by atoms with E-state index in [1.54, 1.807) is 24.0 Å². The van der Waals surface area contributed by atoms with Crippen molar-refractivity contribution >= 4 is 17.6 Å². The minimum Gasteiger partial charge on any atom is -0.479 e. The van der Waals surface area contributed by atoms with Gasteiger partial charge in [-0.05, 0) is 13.8 Å². The number of rotatable bonds is 4. The van der Waals surface area contributed by atoms with Crippen LogP contribution in [0, 0.1) is 6.92 Å². The molecule has 0 aliphatic carbocycles. The third-order valence-corrected chi connectivity index (χ3v) is 3.81. The van der Waals surface area contributed by atoms with Crippen LogP contribution in [-0.4, -0.2) is 44.5 Å². The predicted octanol–water partition coefficient (Wildman–Crippen LogP) is 0.140. The number of ether oxygens (including phenoxy) is 1. The average molecular weight is 347 g/mol. The maximum Gasteiger partial charge on any atom is 0.263 e. The fourth-order valence-electron chi connectivity index (χ4n) is 2.76. The van der Waals surface area contributed by atoms with Crippen molar-refractivity contribution in [1.29, 1.82) is 0 Å². The van der Waals surface area contributed by atoms with Gasteiger partial charge in [0.1, 0.15) is 11.4 Å². The Hall–Kier alpha value is -2.88. The van der Waals surface area contributed by atoms with Crippen LogP contribution in [0.25, 0.3) is 0 Å². The van der Waals surface area contributed by atoms with Gasteiger partial charge in [-0.2, -0.15) is 5.10 Å². The monoisotopic (exact) mass is 347 g/mol. The SMILES string of the molecule is COc1nn(C)cc1C(=O)Nc1cc(C)nn1C1NC(=O)CC(C)N1. The van der Waals surface area contributed by atoms with E-state index in [1.165, 1.54) is 11.8 Å². The van der Waals surface area contributed by atoms with Gasteiger partial charge in [-0.15, -0.1) is 5.10 Å². The van der Waals surface area contributed by atoms with Crippen molar-refractivity contribution in [1.82, 2.24) is 30.2 Å². The first-order valence-electron chi connectivity index (χ1n) is 7.88. The zero-order valence-corrected chi connectivity index (χ0v) is 14.5. The lowest BCUT2D eigenvalue weighted by Gasteiger charge is -2.30. The number of methoxy groups -OCH3 is 1. The van der Waals surface area contributed by atoms with Gasteiger partial charge in [0.2, 0.25) is 11.8 Å². The summed E-state index contributed by atoms with van der Waals surface area (Å²) in [6, 6.07) is 1.73. The van der Waals surface area contributed by atoms with E-state index >= 15 is 0 Å². The topological polar surface area (TPSA) is 115 Å². The minimum atomic E-state index is -0.531. The first kappa shape index (κ1) is 17.0. The van der Waals surface area contributed by atoms with E-state index in [1.807, 2.05) is 13.8 Å². The van der Waals surface area contributed by atoms with Gasteiger partial charge >= 0.3 is 0 Å². The van der Waals surface area contributed by atoms with Gasteiger partial charge in [-0.1, -0.05) is 0 Å². The van der Waals surface area contributed by atoms with Crippen molar-refractivity contribution in [2.24, 2.45) is 7.05 Å². The second-order valence-corrected chi connectivity index (χ2v) is 6.04. The van der Waals surface area contributed by atoms with Gasteiger partial charge in [0.05, 0.1) is 12.8 Å². The van der Waals surface area contributed by atoms with Gasteiger partial charge < -0.3 is 15.4 Å². The number of aromatic nitrogens is 4. The number of hydrogen-bond donors (Lipinski definition) is 3. The van der Waals surface area contributed by atoms with E-state index in [-0.39, 0.29) is 23.7 Å². The van der Waals surface area contributed by atoms with Crippen LogP contribution in [0.5, 0.6) is 5.88 Å². The van der Waals surface area contributed by atoms with Crippen LogP contribution < -0.4 is 20.7 Å². The molecule has 10 nitrogen and oxygen atoms in total. The molecule has 1 aliphatic heterocycles. The van der Waals surface area contributed by atoms with Crippen LogP contribution >= 0.6 is 0 Å². The number of aryl methyl sites for hydroxylation is 2. The molecule has 2 aromatic heterocycles. The normalized spacial score (nSPS) is 20.2. The summed E-state index contributed by atoms with van der Waals surface area (Å²) in [6.07, 6.45) is 1.44. The number of carbonyl (C=O) groups is 2. The fourth-order valence-corrected chi connectivity index (χ4v) is 2.76. The van der Waals surface area contributed by atoms with E-state index in [2.05, 4.69) is 26.1 Å². The molecular weight excluding hydrogens is 326 g/mol. The number of nitrogens with one attached hydrogen (secondary N) is 3. The maximum atomic E-state index is 12.6. The first-order chi connectivity index (χ1) is 11.9. The second-order valence-electron chi connectivity index (χ2n) is 6.04. The standard InChI is InChI=1S/C15H21N7O3/c1-8-6-12(23)18-15(16-8)22-11(5-9(2)19-22)17-13(24)10-7-21(3)20-14(10)25-4/h5,7-8,15-16H,6H2,1-4H3,(H,17,24)(H,18,23). The summed E-state index contributed by atoms with van der Waals surface area (Å²) in [4.78, 5) is 24.4. The molecule has 3 rings (SSSR count). The molecule has 1 aliphatic rings. The van der Waals surface area contributed by atoms with E-state index in [0.717, 1.165) is 0 Å². The molecule has 2 atom stereocenters. The maximum absolute atomic E-state index is 12.6. The zero-order chi connectivity index (χ0) is 18.1. The molecule has 0 spiro atoms. The summed E-state index contributed by atoms with van der Waals surface area (Å²) in [5.74, 6) is 0.248. The molecule has 2 aromatic rings.